The summed E-state index contributed by atoms with van der Waals surface area (Å²) in [5.74, 6) is -0.0409. The first kappa shape index (κ1) is 16.8. The highest BCUT2D eigenvalue weighted by molar-refractivity contribution is 7.14. The van der Waals surface area contributed by atoms with E-state index in [1.807, 2.05) is 23.6 Å². The summed E-state index contributed by atoms with van der Waals surface area (Å²) in [6, 6.07) is 7.01. The third-order valence-electron chi connectivity index (χ3n) is 3.52. The number of methoxy groups -OCH3 is 1. The lowest BCUT2D eigenvalue weighted by Gasteiger charge is -2.11. The summed E-state index contributed by atoms with van der Waals surface area (Å²) in [4.78, 5) is 32.6. The molecule has 0 aliphatic heterocycles. The van der Waals surface area contributed by atoms with Gasteiger partial charge in [0.15, 0.2) is 10.9 Å². The number of anilines is 1. The molecule has 0 saturated carbocycles. The molecule has 8 heteroatoms. The SMILES string of the molecule is COc1cn(CC(=O)Nc2nc(-c3ccccn3)cs2)c(C)cc1=O. The molecule has 0 atom stereocenters. The number of aromatic nitrogens is 3. The lowest BCUT2D eigenvalue weighted by molar-refractivity contribution is -0.116. The van der Waals surface area contributed by atoms with Gasteiger partial charge in [0.1, 0.15) is 12.2 Å². The van der Waals surface area contributed by atoms with Crippen LogP contribution in [0, 0.1) is 6.92 Å². The first-order chi connectivity index (χ1) is 12.1. The molecule has 0 aromatic carbocycles. The Labute approximate surface area is 148 Å². The van der Waals surface area contributed by atoms with Gasteiger partial charge in [-0.3, -0.25) is 14.6 Å². The van der Waals surface area contributed by atoms with E-state index in [0.29, 0.717) is 16.5 Å². The molecule has 3 rings (SSSR count). The number of hydrogen-bond acceptors (Lipinski definition) is 6. The topological polar surface area (TPSA) is 86.1 Å². The van der Waals surface area contributed by atoms with Crippen LogP contribution in [0.2, 0.25) is 0 Å². The quantitative estimate of drug-likeness (QED) is 0.758. The molecule has 128 valence electrons. The molecule has 1 amide bonds. The maximum absolute atomic E-state index is 12.3. The van der Waals surface area contributed by atoms with Crippen molar-refractivity contribution in [3.8, 4) is 17.1 Å². The van der Waals surface area contributed by atoms with Crippen molar-refractivity contribution < 1.29 is 9.53 Å². The van der Waals surface area contributed by atoms with Crippen LogP contribution in [0.5, 0.6) is 5.75 Å². The van der Waals surface area contributed by atoms with Crippen molar-refractivity contribution in [3.63, 3.8) is 0 Å². The average molecular weight is 356 g/mol. The van der Waals surface area contributed by atoms with E-state index in [4.69, 9.17) is 4.74 Å². The minimum Gasteiger partial charge on any atom is -0.491 e. The van der Waals surface area contributed by atoms with E-state index >= 15 is 0 Å². The molecule has 1 N–H and O–H groups in total. The minimum absolute atomic E-state index is 0.0565. The van der Waals surface area contributed by atoms with E-state index in [0.717, 1.165) is 5.69 Å². The molecule has 0 aliphatic rings. The number of nitrogens with zero attached hydrogens (tertiary/aromatic N) is 3. The first-order valence-corrected chi connectivity index (χ1v) is 8.36. The van der Waals surface area contributed by atoms with Gasteiger partial charge in [-0.05, 0) is 19.1 Å². The molecule has 3 heterocycles. The summed E-state index contributed by atoms with van der Waals surface area (Å²) in [6.45, 7) is 1.82. The van der Waals surface area contributed by atoms with Gasteiger partial charge in [0.2, 0.25) is 11.3 Å². The van der Waals surface area contributed by atoms with E-state index in [9.17, 15) is 9.59 Å². The summed E-state index contributed by atoms with van der Waals surface area (Å²) in [5.41, 5.74) is 1.92. The van der Waals surface area contributed by atoms with Crippen molar-refractivity contribution in [2.24, 2.45) is 0 Å². The van der Waals surface area contributed by atoms with Crippen molar-refractivity contribution in [2.75, 3.05) is 12.4 Å². The number of pyridine rings is 2. The van der Waals surface area contributed by atoms with E-state index in [2.05, 4.69) is 15.3 Å². The molecule has 25 heavy (non-hydrogen) atoms. The highest BCUT2D eigenvalue weighted by Gasteiger charge is 2.11. The van der Waals surface area contributed by atoms with Crippen LogP contribution in [-0.2, 0) is 11.3 Å². The van der Waals surface area contributed by atoms with Crippen LogP contribution in [-0.4, -0.2) is 27.6 Å². The molecule has 3 aromatic rings. The van der Waals surface area contributed by atoms with E-state index in [1.54, 1.807) is 17.7 Å². The summed E-state index contributed by atoms with van der Waals surface area (Å²) < 4.78 is 6.67. The lowest BCUT2D eigenvalue weighted by atomic mass is 10.3. The number of carbonyl (C=O) groups is 1. The molecular formula is C17H16N4O3S. The highest BCUT2D eigenvalue weighted by Crippen LogP contribution is 2.23. The number of ether oxygens (including phenoxy) is 1. The van der Waals surface area contributed by atoms with Crippen molar-refractivity contribution in [3.05, 3.63) is 58.0 Å². The fourth-order valence-electron chi connectivity index (χ4n) is 2.25. The van der Waals surface area contributed by atoms with Gasteiger partial charge in [0, 0.05) is 23.3 Å². The van der Waals surface area contributed by atoms with E-state index < -0.39 is 0 Å². The molecule has 0 fully saturated rings. The van der Waals surface area contributed by atoms with Crippen LogP contribution in [0.25, 0.3) is 11.4 Å². The predicted octanol–water partition coefficient (Wildman–Crippen LogP) is 2.32. The second-order valence-corrected chi connectivity index (χ2v) is 6.13. The molecule has 0 saturated heterocycles. The summed E-state index contributed by atoms with van der Waals surface area (Å²) in [7, 11) is 1.42. The Morgan fingerprint density at radius 1 is 1.36 bits per heavy atom. The number of hydrogen-bond donors (Lipinski definition) is 1. The predicted molar refractivity (Wildman–Crippen MR) is 96.0 cm³/mol. The lowest BCUT2D eigenvalue weighted by Crippen LogP contribution is -2.21. The molecule has 0 radical (unpaired) electrons. The highest BCUT2D eigenvalue weighted by atomic mass is 32.1. The van der Waals surface area contributed by atoms with Crippen molar-refractivity contribution in [2.45, 2.75) is 13.5 Å². The zero-order valence-electron chi connectivity index (χ0n) is 13.7. The maximum atomic E-state index is 12.3. The third kappa shape index (κ3) is 3.92. The Balaban J connectivity index is 1.71. The Morgan fingerprint density at radius 2 is 2.20 bits per heavy atom. The Hall–Kier alpha value is -3.00. The largest absolute Gasteiger partial charge is 0.491 e. The van der Waals surface area contributed by atoms with Gasteiger partial charge in [0.05, 0.1) is 19.0 Å². The van der Waals surface area contributed by atoms with Crippen LogP contribution >= 0.6 is 11.3 Å². The van der Waals surface area contributed by atoms with E-state index in [1.165, 1.54) is 30.7 Å². The van der Waals surface area contributed by atoms with Crippen molar-refractivity contribution in [1.29, 1.82) is 0 Å². The van der Waals surface area contributed by atoms with Crippen LogP contribution in [0.4, 0.5) is 5.13 Å². The van der Waals surface area contributed by atoms with Gasteiger partial charge in [-0.25, -0.2) is 4.98 Å². The molecular weight excluding hydrogens is 340 g/mol. The Morgan fingerprint density at radius 3 is 2.92 bits per heavy atom. The number of amides is 1. The second kappa shape index (κ2) is 7.27. The normalized spacial score (nSPS) is 10.5. The molecule has 0 unspecified atom stereocenters. The number of thiazole rings is 1. The molecule has 7 nitrogen and oxygen atoms in total. The fourth-order valence-corrected chi connectivity index (χ4v) is 2.97. The Kier molecular flexibility index (Phi) is 4.90. The summed E-state index contributed by atoms with van der Waals surface area (Å²) >= 11 is 1.33. The van der Waals surface area contributed by atoms with Gasteiger partial charge >= 0.3 is 0 Å². The van der Waals surface area contributed by atoms with Gasteiger partial charge < -0.3 is 14.6 Å². The molecule has 0 spiro atoms. The standard InChI is InChI=1S/C17H16N4O3S/c1-11-7-14(22)15(24-2)8-21(11)9-16(23)20-17-19-13(10-25-17)12-5-3-4-6-18-12/h3-8,10H,9H2,1-2H3,(H,19,20,23). The first-order valence-electron chi connectivity index (χ1n) is 7.48. The van der Waals surface area contributed by atoms with Gasteiger partial charge in [-0.15, -0.1) is 11.3 Å². The number of nitrogens with one attached hydrogen (secondary N) is 1. The van der Waals surface area contributed by atoms with Gasteiger partial charge in [0.25, 0.3) is 0 Å². The van der Waals surface area contributed by atoms with Crippen LogP contribution in [0.1, 0.15) is 5.69 Å². The summed E-state index contributed by atoms with van der Waals surface area (Å²) in [6.07, 6.45) is 3.22. The molecule has 0 bridgehead atoms. The Bertz CT molecular complexity index is 950. The number of aryl methyl sites for hydroxylation is 1. The monoisotopic (exact) mass is 356 g/mol. The summed E-state index contributed by atoms with van der Waals surface area (Å²) in [5, 5.41) is 5.10. The van der Waals surface area contributed by atoms with Crippen molar-refractivity contribution >= 4 is 22.4 Å². The van der Waals surface area contributed by atoms with Crippen LogP contribution in [0.15, 0.2) is 46.8 Å². The van der Waals surface area contributed by atoms with Gasteiger partial charge in [-0.2, -0.15) is 0 Å². The number of carbonyl (C=O) groups excluding carboxylic acids is 1. The smallest absolute Gasteiger partial charge is 0.246 e. The third-order valence-corrected chi connectivity index (χ3v) is 4.28. The average Bonchev–Trinajstić information content (AvgIpc) is 3.06. The second-order valence-electron chi connectivity index (χ2n) is 5.28. The van der Waals surface area contributed by atoms with Crippen LogP contribution in [0.3, 0.4) is 0 Å². The van der Waals surface area contributed by atoms with Crippen LogP contribution < -0.4 is 15.5 Å². The molecule has 3 aromatic heterocycles. The van der Waals surface area contributed by atoms with Crippen molar-refractivity contribution in [1.82, 2.24) is 14.5 Å². The molecule has 0 aliphatic carbocycles. The van der Waals surface area contributed by atoms with E-state index in [-0.39, 0.29) is 23.6 Å². The fraction of sp³-hybridized carbons (Fsp3) is 0.176. The minimum atomic E-state index is -0.240. The zero-order chi connectivity index (χ0) is 17.8. The number of rotatable bonds is 5. The van der Waals surface area contributed by atoms with Gasteiger partial charge in [-0.1, -0.05) is 6.07 Å². The zero-order valence-corrected chi connectivity index (χ0v) is 14.5. The maximum Gasteiger partial charge on any atom is 0.246 e.